The number of hydrogen-bond acceptors (Lipinski definition) is 4. The van der Waals surface area contributed by atoms with E-state index in [0.717, 1.165) is 12.2 Å². The maximum Gasteiger partial charge on any atom is 0.276 e. The Morgan fingerprint density at radius 1 is 1.13 bits per heavy atom. The van der Waals surface area contributed by atoms with E-state index in [9.17, 15) is 4.79 Å². The molecule has 1 aliphatic heterocycles. The molecule has 1 atom stereocenters. The highest BCUT2D eigenvalue weighted by atomic mass is 16.5. The maximum absolute atomic E-state index is 12.7. The van der Waals surface area contributed by atoms with Crippen molar-refractivity contribution in [2.45, 2.75) is 12.5 Å². The average Bonchev–Trinajstić information content (AvgIpc) is 3.24. The molecule has 1 saturated heterocycles. The monoisotopic (exact) mass is 308 g/mol. The third-order valence-electron chi connectivity index (χ3n) is 3.99. The molecule has 3 heterocycles. The fraction of sp³-hybridized carbons (Fsp3) is 0.235. The summed E-state index contributed by atoms with van der Waals surface area (Å²) < 4.78 is 7.73. The average molecular weight is 308 g/mol. The number of imidazole rings is 1. The van der Waals surface area contributed by atoms with Crippen LogP contribution in [0.4, 0.5) is 0 Å². The van der Waals surface area contributed by atoms with E-state index in [4.69, 9.17) is 4.74 Å². The normalized spacial score (nSPS) is 17.6. The lowest BCUT2D eigenvalue weighted by atomic mass is 10.3. The van der Waals surface area contributed by atoms with Gasteiger partial charge in [0.2, 0.25) is 0 Å². The summed E-state index contributed by atoms with van der Waals surface area (Å²) in [4.78, 5) is 22.9. The van der Waals surface area contributed by atoms with Gasteiger partial charge in [0.05, 0.1) is 6.54 Å². The quantitative estimate of drug-likeness (QED) is 0.743. The summed E-state index contributed by atoms with van der Waals surface area (Å²) in [6.07, 6.45) is 7.71. The Balaban J connectivity index is 1.49. The molecule has 0 bridgehead atoms. The van der Waals surface area contributed by atoms with Gasteiger partial charge in [-0.25, -0.2) is 9.97 Å². The summed E-state index contributed by atoms with van der Waals surface area (Å²) in [6.45, 7) is 1.23. The predicted octanol–water partition coefficient (Wildman–Crippen LogP) is 2.02. The number of carbonyl (C=O) groups excluding carboxylic acids is 1. The fourth-order valence-corrected chi connectivity index (χ4v) is 2.86. The molecule has 0 radical (unpaired) electrons. The number of rotatable bonds is 3. The van der Waals surface area contributed by atoms with Gasteiger partial charge in [0.1, 0.15) is 11.9 Å². The first-order chi connectivity index (χ1) is 11.3. The Labute approximate surface area is 133 Å². The molecule has 1 aliphatic rings. The number of fused-ring (bicyclic) bond motifs is 1. The van der Waals surface area contributed by atoms with Gasteiger partial charge in [0.25, 0.3) is 5.91 Å². The van der Waals surface area contributed by atoms with Crippen LogP contribution in [0.25, 0.3) is 5.65 Å². The summed E-state index contributed by atoms with van der Waals surface area (Å²) in [6, 6.07) is 9.69. The summed E-state index contributed by atoms with van der Waals surface area (Å²) >= 11 is 0. The number of likely N-dealkylation sites (tertiary alicyclic amines) is 1. The lowest BCUT2D eigenvalue weighted by Gasteiger charge is -2.17. The van der Waals surface area contributed by atoms with Gasteiger partial charge in [-0.05, 0) is 12.1 Å². The van der Waals surface area contributed by atoms with Crippen LogP contribution in [-0.4, -0.2) is 44.4 Å². The number of amides is 1. The van der Waals surface area contributed by atoms with E-state index in [1.54, 1.807) is 34.1 Å². The second-order valence-electron chi connectivity index (χ2n) is 5.53. The van der Waals surface area contributed by atoms with Gasteiger partial charge < -0.3 is 14.0 Å². The maximum atomic E-state index is 12.7. The minimum atomic E-state index is -0.0963. The van der Waals surface area contributed by atoms with Gasteiger partial charge in [-0.3, -0.25) is 4.79 Å². The number of benzene rings is 1. The second-order valence-corrected chi connectivity index (χ2v) is 5.53. The molecule has 0 N–H and O–H groups in total. The SMILES string of the molecule is O=C(c1nccn2ccnc12)N1CCC(Oc2ccccc2)C1. The van der Waals surface area contributed by atoms with Crippen molar-refractivity contribution in [2.24, 2.45) is 0 Å². The van der Waals surface area contributed by atoms with Crippen LogP contribution in [0.1, 0.15) is 16.9 Å². The van der Waals surface area contributed by atoms with E-state index in [1.165, 1.54) is 0 Å². The largest absolute Gasteiger partial charge is 0.489 e. The molecule has 1 fully saturated rings. The van der Waals surface area contributed by atoms with Gasteiger partial charge >= 0.3 is 0 Å². The first-order valence-corrected chi connectivity index (χ1v) is 7.60. The first-order valence-electron chi connectivity index (χ1n) is 7.60. The number of ether oxygens (including phenoxy) is 1. The molecule has 2 aromatic heterocycles. The van der Waals surface area contributed by atoms with E-state index in [0.29, 0.717) is 24.4 Å². The second kappa shape index (κ2) is 5.72. The topological polar surface area (TPSA) is 59.7 Å². The van der Waals surface area contributed by atoms with Gasteiger partial charge in [-0.2, -0.15) is 0 Å². The Bertz CT molecular complexity index is 831. The van der Waals surface area contributed by atoms with Gasteiger partial charge in [0.15, 0.2) is 11.3 Å². The van der Waals surface area contributed by atoms with Crippen molar-refractivity contribution in [3.8, 4) is 5.75 Å². The standard InChI is InChI=1S/C17H16N4O2/c22-17(15-16-19-8-11-20(16)10-7-18-15)21-9-6-14(12-21)23-13-4-2-1-3-5-13/h1-5,7-8,10-11,14H,6,9,12H2. The highest BCUT2D eigenvalue weighted by molar-refractivity contribution is 5.97. The van der Waals surface area contributed by atoms with Crippen LogP contribution in [0.3, 0.4) is 0 Å². The highest BCUT2D eigenvalue weighted by Gasteiger charge is 2.30. The molecule has 1 amide bonds. The van der Waals surface area contributed by atoms with E-state index in [-0.39, 0.29) is 12.0 Å². The molecule has 0 spiro atoms. The van der Waals surface area contributed by atoms with Crippen molar-refractivity contribution in [1.29, 1.82) is 0 Å². The Morgan fingerprint density at radius 2 is 1.91 bits per heavy atom. The smallest absolute Gasteiger partial charge is 0.276 e. The minimum Gasteiger partial charge on any atom is -0.489 e. The number of aromatic nitrogens is 3. The van der Waals surface area contributed by atoms with Crippen LogP contribution in [-0.2, 0) is 0 Å². The predicted molar refractivity (Wildman–Crippen MR) is 84.4 cm³/mol. The molecule has 6 heteroatoms. The minimum absolute atomic E-state index is 0.0147. The third kappa shape index (κ3) is 2.63. The molecule has 0 aliphatic carbocycles. The van der Waals surface area contributed by atoms with Crippen LogP contribution < -0.4 is 4.74 Å². The van der Waals surface area contributed by atoms with Crippen LogP contribution in [0.2, 0.25) is 0 Å². The number of hydrogen-bond donors (Lipinski definition) is 0. The molecule has 1 aromatic carbocycles. The van der Waals surface area contributed by atoms with Crippen molar-refractivity contribution < 1.29 is 9.53 Å². The summed E-state index contributed by atoms with van der Waals surface area (Å²) in [7, 11) is 0. The molecule has 1 unspecified atom stereocenters. The van der Waals surface area contributed by atoms with Gasteiger partial charge in [-0.1, -0.05) is 18.2 Å². The molecule has 4 rings (SSSR count). The van der Waals surface area contributed by atoms with Crippen LogP contribution in [0.5, 0.6) is 5.75 Å². The van der Waals surface area contributed by atoms with Crippen LogP contribution >= 0.6 is 0 Å². The van der Waals surface area contributed by atoms with Crippen LogP contribution in [0, 0.1) is 0 Å². The first kappa shape index (κ1) is 13.8. The van der Waals surface area contributed by atoms with Crippen LogP contribution in [0.15, 0.2) is 55.1 Å². The highest BCUT2D eigenvalue weighted by Crippen LogP contribution is 2.20. The van der Waals surface area contributed by atoms with Crippen molar-refractivity contribution in [3.63, 3.8) is 0 Å². The lowest BCUT2D eigenvalue weighted by Crippen LogP contribution is -2.31. The van der Waals surface area contributed by atoms with E-state index >= 15 is 0 Å². The zero-order chi connectivity index (χ0) is 15.6. The Hall–Kier alpha value is -2.89. The van der Waals surface area contributed by atoms with E-state index in [2.05, 4.69) is 9.97 Å². The van der Waals surface area contributed by atoms with Crippen molar-refractivity contribution in [2.75, 3.05) is 13.1 Å². The zero-order valence-corrected chi connectivity index (χ0v) is 12.5. The zero-order valence-electron chi connectivity index (χ0n) is 12.5. The number of nitrogens with zero attached hydrogens (tertiary/aromatic N) is 4. The van der Waals surface area contributed by atoms with E-state index < -0.39 is 0 Å². The molecular formula is C17H16N4O2. The lowest BCUT2D eigenvalue weighted by molar-refractivity contribution is 0.0768. The molecule has 0 saturated carbocycles. The third-order valence-corrected chi connectivity index (χ3v) is 3.99. The molecule has 116 valence electrons. The Kier molecular flexibility index (Phi) is 3.42. The van der Waals surface area contributed by atoms with Crippen molar-refractivity contribution in [3.05, 3.63) is 60.8 Å². The van der Waals surface area contributed by atoms with Crippen molar-refractivity contribution >= 4 is 11.6 Å². The summed E-state index contributed by atoms with van der Waals surface area (Å²) in [5, 5.41) is 0. The van der Waals surface area contributed by atoms with E-state index in [1.807, 2.05) is 30.3 Å². The van der Waals surface area contributed by atoms with Crippen molar-refractivity contribution in [1.82, 2.24) is 19.3 Å². The number of para-hydroxylation sites is 1. The molecule has 6 nitrogen and oxygen atoms in total. The summed E-state index contributed by atoms with van der Waals surface area (Å²) in [5.74, 6) is 0.737. The molecular weight excluding hydrogens is 292 g/mol. The number of carbonyl (C=O) groups is 1. The fourth-order valence-electron chi connectivity index (χ4n) is 2.86. The molecule has 23 heavy (non-hydrogen) atoms. The van der Waals surface area contributed by atoms with Gasteiger partial charge in [-0.15, -0.1) is 0 Å². The molecule has 3 aromatic rings. The van der Waals surface area contributed by atoms with Gasteiger partial charge in [0, 0.05) is 37.8 Å². The Morgan fingerprint density at radius 3 is 2.74 bits per heavy atom. The summed E-state index contributed by atoms with van der Waals surface area (Å²) in [5.41, 5.74) is 0.975.